The van der Waals surface area contributed by atoms with Crippen LogP contribution in [0.4, 0.5) is 14.5 Å². The van der Waals surface area contributed by atoms with Gasteiger partial charge in [-0.1, -0.05) is 37.3 Å². The number of carbonyl (C=O) groups is 1. The van der Waals surface area contributed by atoms with E-state index in [-0.39, 0.29) is 16.4 Å². The number of benzene rings is 2. The van der Waals surface area contributed by atoms with Gasteiger partial charge in [0.25, 0.3) is 5.91 Å². The Morgan fingerprint density at radius 3 is 2.67 bits per heavy atom. The molecule has 122 valence electrons. The molecule has 0 saturated carbocycles. The molecule has 0 aromatic heterocycles. The van der Waals surface area contributed by atoms with Crippen LogP contribution in [-0.4, -0.2) is 11.0 Å². The molecule has 0 spiro atoms. The number of nitrogens with zero attached hydrogens (tertiary/aromatic N) is 1. The van der Waals surface area contributed by atoms with Crippen LogP contribution in [0, 0.1) is 11.6 Å². The molecule has 1 heterocycles. The van der Waals surface area contributed by atoms with E-state index in [1.165, 1.54) is 23.1 Å². The molecule has 1 saturated heterocycles. The summed E-state index contributed by atoms with van der Waals surface area (Å²) in [5.41, 5.74) is 1.74. The molecule has 1 amide bonds. The number of hydrogen-bond acceptors (Lipinski definition) is 2. The SMILES string of the molecule is CCc1ccccc1N1C(=O)C(=Cc2cccc(F)c2F)NC1=S. The smallest absolute Gasteiger partial charge is 0.281 e. The average molecular weight is 344 g/mol. The van der Waals surface area contributed by atoms with E-state index in [1.54, 1.807) is 6.07 Å². The summed E-state index contributed by atoms with van der Waals surface area (Å²) in [6.07, 6.45) is 2.00. The van der Waals surface area contributed by atoms with Crippen LogP contribution in [0.2, 0.25) is 0 Å². The van der Waals surface area contributed by atoms with Crippen molar-refractivity contribution in [2.45, 2.75) is 13.3 Å². The first-order valence-electron chi connectivity index (χ1n) is 7.42. The molecule has 3 rings (SSSR count). The topological polar surface area (TPSA) is 32.3 Å². The van der Waals surface area contributed by atoms with E-state index in [0.717, 1.165) is 18.1 Å². The monoisotopic (exact) mass is 344 g/mol. The molecule has 0 atom stereocenters. The van der Waals surface area contributed by atoms with Crippen molar-refractivity contribution in [3.8, 4) is 0 Å². The van der Waals surface area contributed by atoms with Crippen molar-refractivity contribution in [3.05, 3.63) is 70.9 Å². The fraction of sp³-hybridized carbons (Fsp3) is 0.111. The summed E-state index contributed by atoms with van der Waals surface area (Å²) in [6, 6.07) is 11.2. The van der Waals surface area contributed by atoms with Crippen LogP contribution >= 0.6 is 12.2 Å². The Bertz CT molecular complexity index is 864. The van der Waals surface area contributed by atoms with Gasteiger partial charge in [-0.25, -0.2) is 8.78 Å². The summed E-state index contributed by atoms with van der Waals surface area (Å²) in [7, 11) is 0. The number of rotatable bonds is 3. The van der Waals surface area contributed by atoms with Crippen LogP contribution in [0.25, 0.3) is 6.08 Å². The number of para-hydroxylation sites is 1. The maximum absolute atomic E-state index is 13.8. The van der Waals surface area contributed by atoms with Crippen molar-refractivity contribution >= 4 is 35.0 Å². The van der Waals surface area contributed by atoms with Crippen molar-refractivity contribution in [2.75, 3.05) is 4.90 Å². The van der Waals surface area contributed by atoms with E-state index in [1.807, 2.05) is 25.1 Å². The number of nitrogens with one attached hydrogen (secondary N) is 1. The Balaban J connectivity index is 2.00. The van der Waals surface area contributed by atoms with Crippen molar-refractivity contribution in [2.24, 2.45) is 0 Å². The summed E-state index contributed by atoms with van der Waals surface area (Å²) < 4.78 is 27.1. The van der Waals surface area contributed by atoms with Crippen LogP contribution in [0.5, 0.6) is 0 Å². The molecule has 0 unspecified atom stereocenters. The standard InChI is InChI=1S/C18H14F2N2OS/c1-2-11-6-3-4-9-15(11)22-17(23)14(21-18(22)24)10-12-7-5-8-13(19)16(12)20/h3-10H,2H2,1H3,(H,21,24). The molecular formula is C18H14F2N2OS. The molecule has 1 N–H and O–H groups in total. The molecule has 1 aliphatic rings. The molecule has 0 aliphatic carbocycles. The second-order valence-electron chi connectivity index (χ2n) is 5.25. The van der Waals surface area contributed by atoms with Gasteiger partial charge in [-0.3, -0.25) is 9.69 Å². The maximum Gasteiger partial charge on any atom is 0.281 e. The minimum atomic E-state index is -1.00. The lowest BCUT2D eigenvalue weighted by Gasteiger charge is -2.17. The van der Waals surface area contributed by atoms with E-state index in [2.05, 4.69) is 5.32 Å². The van der Waals surface area contributed by atoms with E-state index in [4.69, 9.17) is 12.2 Å². The maximum atomic E-state index is 13.8. The van der Waals surface area contributed by atoms with Gasteiger partial charge in [0.15, 0.2) is 16.7 Å². The summed E-state index contributed by atoms with van der Waals surface area (Å²) in [5, 5.41) is 2.99. The number of hydrogen-bond donors (Lipinski definition) is 1. The number of anilines is 1. The van der Waals surface area contributed by atoms with Gasteiger partial charge in [0.1, 0.15) is 5.70 Å². The van der Waals surface area contributed by atoms with E-state index in [0.29, 0.717) is 5.69 Å². The number of amides is 1. The Hall–Kier alpha value is -2.60. The number of aryl methyl sites for hydroxylation is 1. The molecule has 3 nitrogen and oxygen atoms in total. The van der Waals surface area contributed by atoms with Gasteiger partial charge in [0.05, 0.1) is 5.69 Å². The molecule has 2 aromatic carbocycles. The number of thiocarbonyl (C=S) groups is 1. The van der Waals surface area contributed by atoms with E-state index in [9.17, 15) is 13.6 Å². The Morgan fingerprint density at radius 2 is 1.92 bits per heavy atom. The zero-order valence-corrected chi connectivity index (χ0v) is 13.7. The lowest BCUT2D eigenvalue weighted by Crippen LogP contribution is -2.31. The van der Waals surface area contributed by atoms with Gasteiger partial charge < -0.3 is 5.32 Å². The predicted octanol–water partition coefficient (Wildman–Crippen LogP) is 3.79. The Morgan fingerprint density at radius 1 is 1.17 bits per heavy atom. The van der Waals surface area contributed by atoms with Crippen molar-refractivity contribution in [1.29, 1.82) is 0 Å². The normalized spacial score (nSPS) is 16.0. The van der Waals surface area contributed by atoms with Gasteiger partial charge in [-0.15, -0.1) is 0 Å². The van der Waals surface area contributed by atoms with Crippen molar-refractivity contribution in [3.63, 3.8) is 0 Å². The third-order valence-corrected chi connectivity index (χ3v) is 4.06. The molecule has 24 heavy (non-hydrogen) atoms. The first-order chi connectivity index (χ1) is 11.5. The molecule has 1 aliphatic heterocycles. The highest BCUT2D eigenvalue weighted by atomic mass is 32.1. The highest BCUT2D eigenvalue weighted by Gasteiger charge is 2.33. The van der Waals surface area contributed by atoms with Crippen LogP contribution < -0.4 is 10.2 Å². The quantitative estimate of drug-likeness (QED) is 0.679. The van der Waals surface area contributed by atoms with Crippen molar-refractivity contribution < 1.29 is 13.6 Å². The van der Waals surface area contributed by atoms with Crippen LogP contribution in [0.3, 0.4) is 0 Å². The van der Waals surface area contributed by atoms with Gasteiger partial charge in [0.2, 0.25) is 0 Å². The fourth-order valence-electron chi connectivity index (χ4n) is 2.57. The molecule has 0 radical (unpaired) electrons. The van der Waals surface area contributed by atoms with Gasteiger partial charge in [0, 0.05) is 5.56 Å². The second-order valence-corrected chi connectivity index (χ2v) is 5.64. The minimum Gasteiger partial charge on any atom is -0.327 e. The van der Waals surface area contributed by atoms with Gasteiger partial charge in [-0.05, 0) is 42.4 Å². The summed E-state index contributed by atoms with van der Waals surface area (Å²) in [4.78, 5) is 14.0. The van der Waals surface area contributed by atoms with E-state index < -0.39 is 17.5 Å². The first kappa shape index (κ1) is 16.3. The van der Waals surface area contributed by atoms with Crippen LogP contribution in [0.1, 0.15) is 18.1 Å². The first-order valence-corrected chi connectivity index (χ1v) is 7.82. The van der Waals surface area contributed by atoms with Crippen molar-refractivity contribution in [1.82, 2.24) is 5.32 Å². The molecule has 6 heteroatoms. The van der Waals surface area contributed by atoms with Gasteiger partial charge >= 0.3 is 0 Å². The average Bonchev–Trinajstić information content (AvgIpc) is 2.85. The summed E-state index contributed by atoms with van der Waals surface area (Å²) in [6.45, 7) is 1.98. The summed E-state index contributed by atoms with van der Waals surface area (Å²) in [5.74, 6) is -2.37. The lowest BCUT2D eigenvalue weighted by molar-refractivity contribution is -0.113. The third kappa shape index (κ3) is 2.80. The minimum absolute atomic E-state index is 0.0146. The van der Waals surface area contributed by atoms with E-state index >= 15 is 0 Å². The second kappa shape index (κ2) is 6.49. The highest BCUT2D eigenvalue weighted by Crippen LogP contribution is 2.27. The van der Waals surface area contributed by atoms with Crippen LogP contribution in [-0.2, 0) is 11.2 Å². The number of carbonyl (C=O) groups excluding carboxylic acids is 1. The largest absolute Gasteiger partial charge is 0.327 e. The predicted molar refractivity (Wildman–Crippen MR) is 93.4 cm³/mol. The summed E-state index contributed by atoms with van der Waals surface area (Å²) >= 11 is 5.24. The third-order valence-electron chi connectivity index (χ3n) is 3.77. The zero-order chi connectivity index (χ0) is 17.3. The molecule has 2 aromatic rings. The number of halogens is 2. The lowest BCUT2D eigenvalue weighted by atomic mass is 10.1. The molecular weight excluding hydrogens is 330 g/mol. The molecule has 1 fully saturated rings. The van der Waals surface area contributed by atoms with Crippen LogP contribution in [0.15, 0.2) is 48.2 Å². The zero-order valence-electron chi connectivity index (χ0n) is 12.8. The fourth-order valence-corrected chi connectivity index (χ4v) is 2.86. The Labute approximate surface area is 143 Å². The molecule has 0 bridgehead atoms. The van der Waals surface area contributed by atoms with Gasteiger partial charge in [-0.2, -0.15) is 0 Å². The Kier molecular flexibility index (Phi) is 4.40. The highest BCUT2D eigenvalue weighted by molar-refractivity contribution is 7.80.